The fraction of sp³-hybridized carbons (Fsp3) is 0.882. The zero-order valence-corrected chi connectivity index (χ0v) is 13.5. The molecule has 0 bridgehead atoms. The van der Waals surface area contributed by atoms with Crippen molar-refractivity contribution < 1.29 is 14.7 Å². The summed E-state index contributed by atoms with van der Waals surface area (Å²) >= 11 is 0. The van der Waals surface area contributed by atoms with Crippen LogP contribution in [-0.2, 0) is 9.59 Å². The van der Waals surface area contributed by atoms with Gasteiger partial charge < -0.3 is 10.0 Å². The third-order valence-corrected chi connectivity index (χ3v) is 6.04. The second kappa shape index (κ2) is 6.37. The van der Waals surface area contributed by atoms with Crippen LogP contribution in [0.5, 0.6) is 0 Å². The Morgan fingerprint density at radius 2 is 1.67 bits per heavy atom. The van der Waals surface area contributed by atoms with Crippen molar-refractivity contribution in [3.05, 3.63) is 0 Å². The normalized spacial score (nSPS) is 24.0. The van der Waals surface area contributed by atoms with Crippen LogP contribution in [0.3, 0.4) is 0 Å². The maximum atomic E-state index is 12.6. The van der Waals surface area contributed by atoms with Crippen molar-refractivity contribution >= 4 is 11.9 Å². The molecule has 0 aromatic rings. The smallest absolute Gasteiger partial charge is 0.310 e. The van der Waals surface area contributed by atoms with E-state index in [-0.39, 0.29) is 17.7 Å². The second-order valence-corrected chi connectivity index (χ2v) is 7.10. The van der Waals surface area contributed by atoms with Gasteiger partial charge in [0.1, 0.15) is 0 Å². The van der Waals surface area contributed by atoms with E-state index in [0.717, 1.165) is 51.6 Å². The Balaban J connectivity index is 2.02. The van der Waals surface area contributed by atoms with E-state index in [2.05, 4.69) is 13.8 Å². The van der Waals surface area contributed by atoms with Gasteiger partial charge in [0.05, 0.1) is 5.41 Å². The summed E-state index contributed by atoms with van der Waals surface area (Å²) in [6.45, 7) is 6.00. The van der Waals surface area contributed by atoms with Crippen molar-refractivity contribution in [1.82, 2.24) is 4.90 Å². The minimum atomic E-state index is -0.793. The van der Waals surface area contributed by atoms with Crippen molar-refractivity contribution in [3.8, 4) is 0 Å². The summed E-state index contributed by atoms with van der Waals surface area (Å²) < 4.78 is 0. The molecule has 2 rings (SSSR count). The van der Waals surface area contributed by atoms with Crippen molar-refractivity contribution in [2.75, 3.05) is 13.1 Å². The number of carboxylic acid groups (broad SMARTS) is 1. The largest absolute Gasteiger partial charge is 0.481 e. The number of carbonyl (C=O) groups excluding carboxylic acids is 1. The summed E-state index contributed by atoms with van der Waals surface area (Å²) in [6, 6.07) is 0. The van der Waals surface area contributed by atoms with Crippen LogP contribution >= 0.6 is 0 Å². The Hall–Kier alpha value is -1.06. The lowest BCUT2D eigenvalue weighted by Gasteiger charge is -2.34. The lowest BCUT2D eigenvalue weighted by Crippen LogP contribution is -2.41. The lowest BCUT2D eigenvalue weighted by atomic mass is 9.71. The van der Waals surface area contributed by atoms with Gasteiger partial charge in [-0.3, -0.25) is 9.59 Å². The molecule has 21 heavy (non-hydrogen) atoms. The summed E-state index contributed by atoms with van der Waals surface area (Å²) in [4.78, 5) is 26.2. The highest BCUT2D eigenvalue weighted by Crippen LogP contribution is 2.42. The highest BCUT2D eigenvalue weighted by atomic mass is 16.4. The van der Waals surface area contributed by atoms with Gasteiger partial charge in [0, 0.05) is 19.5 Å². The number of carbonyl (C=O) groups is 2. The summed E-state index contributed by atoms with van der Waals surface area (Å²) in [5.74, 6) is -0.713. The average Bonchev–Trinajstić information content (AvgIpc) is 2.93. The van der Waals surface area contributed by atoms with Crippen LogP contribution in [0, 0.1) is 10.8 Å². The first-order valence-electron chi connectivity index (χ1n) is 8.48. The van der Waals surface area contributed by atoms with E-state index < -0.39 is 11.4 Å². The maximum Gasteiger partial charge on any atom is 0.310 e. The third kappa shape index (κ3) is 3.24. The molecule has 0 atom stereocenters. The van der Waals surface area contributed by atoms with Crippen LogP contribution in [0.25, 0.3) is 0 Å². The number of hydrogen-bond donors (Lipinski definition) is 1. The van der Waals surface area contributed by atoms with Gasteiger partial charge in [-0.1, -0.05) is 33.1 Å². The van der Waals surface area contributed by atoms with E-state index in [1.807, 2.05) is 4.90 Å². The van der Waals surface area contributed by atoms with Gasteiger partial charge in [0.2, 0.25) is 5.91 Å². The molecule has 4 heteroatoms. The molecular formula is C17H29NO3. The molecule has 1 heterocycles. The Morgan fingerprint density at radius 3 is 2.14 bits per heavy atom. The number of nitrogens with zero attached hydrogens (tertiary/aromatic N) is 1. The van der Waals surface area contributed by atoms with E-state index >= 15 is 0 Å². The van der Waals surface area contributed by atoms with Crippen molar-refractivity contribution in [1.29, 1.82) is 0 Å². The molecule has 2 fully saturated rings. The zero-order chi connectivity index (χ0) is 15.5. The van der Waals surface area contributed by atoms with Crippen molar-refractivity contribution in [3.63, 3.8) is 0 Å². The minimum absolute atomic E-state index is 0.0584. The van der Waals surface area contributed by atoms with E-state index in [4.69, 9.17) is 0 Å². The highest BCUT2D eigenvalue weighted by molar-refractivity contribution is 5.85. The molecule has 0 spiro atoms. The quantitative estimate of drug-likeness (QED) is 0.845. The minimum Gasteiger partial charge on any atom is -0.481 e. The number of rotatable bonds is 5. The molecule has 1 saturated heterocycles. The number of carboxylic acids is 1. The molecule has 2 aliphatic rings. The molecule has 1 amide bonds. The van der Waals surface area contributed by atoms with Crippen LogP contribution in [0.1, 0.15) is 71.6 Å². The van der Waals surface area contributed by atoms with E-state index in [9.17, 15) is 14.7 Å². The molecule has 0 aromatic heterocycles. The molecule has 1 N–H and O–H groups in total. The first-order chi connectivity index (χ1) is 9.97. The molecule has 120 valence electrons. The predicted octanol–water partition coefficient (Wildman–Crippen LogP) is 3.45. The second-order valence-electron chi connectivity index (χ2n) is 7.10. The lowest BCUT2D eigenvalue weighted by molar-refractivity contribution is -0.155. The fourth-order valence-electron chi connectivity index (χ4n) is 4.07. The summed E-state index contributed by atoms with van der Waals surface area (Å²) in [5.41, 5.74) is -0.530. The van der Waals surface area contributed by atoms with Gasteiger partial charge in [-0.25, -0.2) is 0 Å². The van der Waals surface area contributed by atoms with Gasteiger partial charge in [0.25, 0.3) is 0 Å². The molecule has 0 unspecified atom stereocenters. The van der Waals surface area contributed by atoms with E-state index in [1.165, 1.54) is 0 Å². The number of hydrogen-bond acceptors (Lipinski definition) is 2. The van der Waals surface area contributed by atoms with Gasteiger partial charge in [-0.2, -0.15) is 0 Å². The van der Waals surface area contributed by atoms with Crippen molar-refractivity contribution in [2.45, 2.75) is 71.6 Å². The Labute approximate surface area is 127 Å². The molecule has 1 aliphatic carbocycles. The Bertz CT molecular complexity index is 395. The Morgan fingerprint density at radius 1 is 1.05 bits per heavy atom. The number of amides is 1. The highest BCUT2D eigenvalue weighted by Gasteiger charge is 2.44. The van der Waals surface area contributed by atoms with Crippen LogP contribution in [-0.4, -0.2) is 35.0 Å². The van der Waals surface area contributed by atoms with E-state index in [1.54, 1.807) is 0 Å². The summed E-state index contributed by atoms with van der Waals surface area (Å²) in [6.07, 6.45) is 7.75. The topological polar surface area (TPSA) is 57.6 Å². The van der Waals surface area contributed by atoms with Gasteiger partial charge >= 0.3 is 5.97 Å². The van der Waals surface area contributed by atoms with Crippen molar-refractivity contribution in [2.24, 2.45) is 10.8 Å². The first-order valence-corrected chi connectivity index (χ1v) is 8.48. The average molecular weight is 295 g/mol. The van der Waals surface area contributed by atoms with Crippen LogP contribution in [0.15, 0.2) is 0 Å². The molecule has 0 radical (unpaired) electrons. The predicted molar refractivity (Wildman–Crippen MR) is 82.0 cm³/mol. The number of aliphatic carboxylic acids is 1. The molecule has 1 saturated carbocycles. The Kier molecular flexibility index (Phi) is 4.95. The molecule has 1 aliphatic heterocycles. The zero-order valence-electron chi connectivity index (χ0n) is 13.5. The fourth-order valence-corrected chi connectivity index (χ4v) is 4.07. The maximum absolute atomic E-state index is 12.6. The van der Waals surface area contributed by atoms with E-state index in [0.29, 0.717) is 12.8 Å². The SMILES string of the molecule is CCC1(CC)CCN(C(=O)CC2(C(=O)O)CCCCC2)C1. The van der Waals surface area contributed by atoms with Crippen LogP contribution in [0.2, 0.25) is 0 Å². The third-order valence-electron chi connectivity index (χ3n) is 6.04. The van der Waals surface area contributed by atoms with Gasteiger partial charge in [-0.05, 0) is 37.5 Å². The standard InChI is InChI=1S/C17H29NO3/c1-3-16(4-2)10-11-18(13-16)14(19)12-17(15(20)21)8-6-5-7-9-17/h3-13H2,1-2H3,(H,20,21). The first kappa shape index (κ1) is 16.3. The molecule has 0 aromatic carbocycles. The summed E-state index contributed by atoms with van der Waals surface area (Å²) in [5, 5.41) is 9.60. The summed E-state index contributed by atoms with van der Waals surface area (Å²) in [7, 11) is 0. The van der Waals surface area contributed by atoms with Crippen LogP contribution in [0.4, 0.5) is 0 Å². The number of likely N-dealkylation sites (tertiary alicyclic amines) is 1. The van der Waals surface area contributed by atoms with Gasteiger partial charge in [0.15, 0.2) is 0 Å². The van der Waals surface area contributed by atoms with Crippen LogP contribution < -0.4 is 0 Å². The monoisotopic (exact) mass is 295 g/mol. The molecule has 4 nitrogen and oxygen atoms in total. The molecular weight excluding hydrogens is 266 g/mol. The van der Waals surface area contributed by atoms with Gasteiger partial charge in [-0.15, -0.1) is 0 Å².